The second kappa shape index (κ2) is 9.69. The summed E-state index contributed by atoms with van der Waals surface area (Å²) in [6.07, 6.45) is 1.71. The SMILES string of the molecule is C=CCn1c(C)cc(C(=O)COC(=O)C[C@@H](NC(C)=O)c2ccccc2)c1C. The highest BCUT2D eigenvalue weighted by molar-refractivity contribution is 5.99. The first-order valence-corrected chi connectivity index (χ1v) is 9.12. The van der Waals surface area contributed by atoms with Crippen LogP contribution in [0.25, 0.3) is 0 Å². The van der Waals surface area contributed by atoms with E-state index in [-0.39, 0.29) is 24.7 Å². The highest BCUT2D eigenvalue weighted by atomic mass is 16.5. The van der Waals surface area contributed by atoms with Gasteiger partial charge in [-0.25, -0.2) is 0 Å². The number of ether oxygens (including phenoxy) is 1. The zero-order valence-electron chi connectivity index (χ0n) is 16.5. The molecule has 0 unspecified atom stereocenters. The molecule has 1 atom stereocenters. The van der Waals surface area contributed by atoms with Gasteiger partial charge in [-0.2, -0.15) is 0 Å². The Morgan fingerprint density at radius 3 is 2.50 bits per heavy atom. The monoisotopic (exact) mass is 382 g/mol. The average molecular weight is 382 g/mol. The molecule has 2 aromatic rings. The molecule has 0 fully saturated rings. The van der Waals surface area contributed by atoms with Crippen LogP contribution in [-0.2, 0) is 20.9 Å². The van der Waals surface area contributed by atoms with Crippen molar-refractivity contribution in [2.24, 2.45) is 0 Å². The quantitative estimate of drug-likeness (QED) is 0.410. The van der Waals surface area contributed by atoms with Crippen LogP contribution in [0.4, 0.5) is 0 Å². The predicted octanol–water partition coefficient (Wildman–Crippen LogP) is 3.28. The molecule has 0 saturated carbocycles. The topological polar surface area (TPSA) is 77.4 Å². The number of Topliss-reactive ketones (excluding diaryl/α,β-unsaturated/α-hetero) is 1. The number of rotatable bonds is 9. The maximum atomic E-state index is 12.5. The molecule has 28 heavy (non-hydrogen) atoms. The fraction of sp³-hybridized carbons (Fsp3) is 0.318. The molecule has 0 spiro atoms. The molecule has 0 saturated heterocycles. The number of aromatic nitrogens is 1. The van der Waals surface area contributed by atoms with Gasteiger partial charge < -0.3 is 14.6 Å². The summed E-state index contributed by atoms with van der Waals surface area (Å²) in [5.41, 5.74) is 3.10. The minimum Gasteiger partial charge on any atom is -0.457 e. The summed E-state index contributed by atoms with van der Waals surface area (Å²) in [5, 5.41) is 2.74. The van der Waals surface area contributed by atoms with Crippen molar-refractivity contribution in [1.82, 2.24) is 9.88 Å². The van der Waals surface area contributed by atoms with Crippen LogP contribution in [0.5, 0.6) is 0 Å². The molecule has 6 heteroatoms. The van der Waals surface area contributed by atoms with Gasteiger partial charge >= 0.3 is 5.97 Å². The number of aryl methyl sites for hydroxylation is 1. The summed E-state index contributed by atoms with van der Waals surface area (Å²) < 4.78 is 7.16. The molecule has 6 nitrogen and oxygen atoms in total. The lowest BCUT2D eigenvalue weighted by Crippen LogP contribution is -2.29. The van der Waals surface area contributed by atoms with Crippen LogP contribution in [-0.4, -0.2) is 28.8 Å². The Hall–Kier alpha value is -3.15. The molecule has 1 heterocycles. The summed E-state index contributed by atoms with van der Waals surface area (Å²) in [4.78, 5) is 36.2. The Morgan fingerprint density at radius 1 is 1.21 bits per heavy atom. The number of ketones is 1. The molecule has 1 aromatic carbocycles. The van der Waals surface area contributed by atoms with Gasteiger partial charge in [0.05, 0.1) is 12.5 Å². The van der Waals surface area contributed by atoms with Crippen LogP contribution >= 0.6 is 0 Å². The zero-order valence-corrected chi connectivity index (χ0v) is 16.5. The molecule has 1 N–H and O–H groups in total. The third-order valence-corrected chi connectivity index (χ3v) is 4.50. The van der Waals surface area contributed by atoms with Crippen molar-refractivity contribution in [3.8, 4) is 0 Å². The van der Waals surface area contributed by atoms with E-state index in [1.807, 2.05) is 48.7 Å². The number of nitrogens with zero attached hydrogens (tertiary/aromatic N) is 1. The molecule has 0 radical (unpaired) electrons. The molecule has 1 amide bonds. The van der Waals surface area contributed by atoms with Gasteiger partial charge in [0.25, 0.3) is 0 Å². The Balaban J connectivity index is 2.00. The molecule has 148 valence electrons. The Morgan fingerprint density at radius 2 is 1.89 bits per heavy atom. The lowest BCUT2D eigenvalue weighted by Gasteiger charge is -2.17. The van der Waals surface area contributed by atoms with Crippen molar-refractivity contribution in [3.05, 3.63) is 71.6 Å². The second-order valence-electron chi connectivity index (χ2n) is 6.64. The minimum atomic E-state index is -0.546. The number of hydrogen-bond donors (Lipinski definition) is 1. The first kappa shape index (κ1) is 21.2. The summed E-state index contributed by atoms with van der Waals surface area (Å²) in [6.45, 7) is 9.16. The van der Waals surface area contributed by atoms with Crippen LogP contribution in [0.15, 0.2) is 49.1 Å². The Bertz CT molecular complexity index is 868. The average Bonchev–Trinajstić information content (AvgIpc) is 2.94. The largest absolute Gasteiger partial charge is 0.457 e. The first-order chi connectivity index (χ1) is 13.3. The van der Waals surface area contributed by atoms with Crippen LogP contribution in [0.1, 0.15) is 46.7 Å². The van der Waals surface area contributed by atoms with Crippen LogP contribution in [0.2, 0.25) is 0 Å². The van der Waals surface area contributed by atoms with E-state index in [2.05, 4.69) is 11.9 Å². The normalized spacial score (nSPS) is 11.5. The molecule has 0 bridgehead atoms. The van der Waals surface area contributed by atoms with Crippen molar-refractivity contribution >= 4 is 17.7 Å². The smallest absolute Gasteiger partial charge is 0.308 e. The van der Waals surface area contributed by atoms with E-state index in [1.54, 1.807) is 12.1 Å². The third kappa shape index (κ3) is 5.42. The molecule has 2 rings (SSSR count). The van der Waals surface area contributed by atoms with Gasteiger partial charge in [0.15, 0.2) is 6.61 Å². The van der Waals surface area contributed by atoms with Gasteiger partial charge in [-0.05, 0) is 25.5 Å². The molecule has 0 aliphatic rings. The van der Waals surface area contributed by atoms with Gasteiger partial charge in [-0.1, -0.05) is 36.4 Å². The Labute approximate surface area is 165 Å². The molecular weight excluding hydrogens is 356 g/mol. The van der Waals surface area contributed by atoms with Crippen LogP contribution < -0.4 is 5.32 Å². The number of allylic oxidation sites excluding steroid dienone is 1. The van der Waals surface area contributed by atoms with Gasteiger partial charge in [0, 0.05) is 30.4 Å². The van der Waals surface area contributed by atoms with E-state index in [1.165, 1.54) is 6.92 Å². The fourth-order valence-electron chi connectivity index (χ4n) is 3.13. The zero-order chi connectivity index (χ0) is 20.7. The van der Waals surface area contributed by atoms with E-state index < -0.39 is 12.0 Å². The predicted molar refractivity (Wildman–Crippen MR) is 107 cm³/mol. The van der Waals surface area contributed by atoms with Crippen molar-refractivity contribution in [2.45, 2.75) is 39.8 Å². The summed E-state index contributed by atoms with van der Waals surface area (Å²) in [7, 11) is 0. The van der Waals surface area contributed by atoms with Gasteiger partial charge in [0.2, 0.25) is 11.7 Å². The van der Waals surface area contributed by atoms with Crippen LogP contribution in [0.3, 0.4) is 0 Å². The van der Waals surface area contributed by atoms with Crippen LogP contribution in [0, 0.1) is 13.8 Å². The first-order valence-electron chi connectivity index (χ1n) is 9.12. The number of hydrogen-bond acceptors (Lipinski definition) is 4. The number of nitrogens with one attached hydrogen (secondary N) is 1. The number of carbonyl (C=O) groups excluding carboxylic acids is 3. The van der Waals surface area contributed by atoms with Crippen molar-refractivity contribution in [3.63, 3.8) is 0 Å². The third-order valence-electron chi connectivity index (χ3n) is 4.50. The lowest BCUT2D eigenvalue weighted by atomic mass is 10.0. The number of carbonyl (C=O) groups is 3. The van der Waals surface area contributed by atoms with E-state index in [9.17, 15) is 14.4 Å². The minimum absolute atomic E-state index is 0.0492. The number of esters is 1. The summed E-state index contributed by atoms with van der Waals surface area (Å²) in [5.74, 6) is -1.05. The standard InChI is InChI=1S/C22H26N2O4/c1-5-11-24-15(2)12-19(16(24)3)21(26)14-28-22(27)13-20(23-17(4)25)18-9-7-6-8-10-18/h5-10,12,20H,1,11,13-14H2,2-4H3,(H,23,25)/t20-/m1/s1. The maximum Gasteiger partial charge on any atom is 0.308 e. The maximum absolute atomic E-state index is 12.5. The van der Waals surface area contributed by atoms with Crippen molar-refractivity contribution < 1.29 is 19.1 Å². The lowest BCUT2D eigenvalue weighted by molar-refractivity contribution is -0.143. The number of benzene rings is 1. The second-order valence-corrected chi connectivity index (χ2v) is 6.64. The van der Waals surface area contributed by atoms with E-state index in [0.29, 0.717) is 12.1 Å². The molecule has 1 aromatic heterocycles. The number of amides is 1. The van der Waals surface area contributed by atoms with E-state index in [4.69, 9.17) is 4.74 Å². The van der Waals surface area contributed by atoms with E-state index in [0.717, 1.165) is 17.0 Å². The molecule has 0 aliphatic heterocycles. The summed E-state index contributed by atoms with van der Waals surface area (Å²) >= 11 is 0. The highest BCUT2D eigenvalue weighted by Gasteiger charge is 2.20. The fourth-order valence-corrected chi connectivity index (χ4v) is 3.13. The van der Waals surface area contributed by atoms with Gasteiger partial charge in [0.1, 0.15) is 0 Å². The molecular formula is C22H26N2O4. The van der Waals surface area contributed by atoms with Crippen molar-refractivity contribution in [1.29, 1.82) is 0 Å². The van der Waals surface area contributed by atoms with E-state index >= 15 is 0 Å². The highest BCUT2D eigenvalue weighted by Crippen LogP contribution is 2.18. The van der Waals surface area contributed by atoms with Gasteiger partial charge in [-0.3, -0.25) is 14.4 Å². The van der Waals surface area contributed by atoms with Crippen molar-refractivity contribution in [2.75, 3.05) is 6.61 Å². The summed E-state index contributed by atoms with van der Waals surface area (Å²) in [6, 6.07) is 10.5. The Kier molecular flexibility index (Phi) is 7.32. The molecule has 0 aliphatic carbocycles. The van der Waals surface area contributed by atoms with Gasteiger partial charge in [-0.15, -0.1) is 6.58 Å².